The Balaban J connectivity index is 3.15. The van der Waals surface area contributed by atoms with Gasteiger partial charge in [0.15, 0.2) is 0 Å². The number of benzene rings is 1. The molecule has 1 aromatic carbocycles. The summed E-state index contributed by atoms with van der Waals surface area (Å²) >= 11 is 6.51. The van der Waals surface area contributed by atoms with Crippen LogP contribution >= 0.6 is 31.9 Å². The van der Waals surface area contributed by atoms with Crippen molar-refractivity contribution in [2.24, 2.45) is 0 Å². The molecule has 1 N–H and O–H groups in total. The number of hydrogen-bond donors (Lipinski definition) is 1. The number of phenols is 1. The van der Waals surface area contributed by atoms with Crippen LogP contribution in [0.5, 0.6) is 5.75 Å². The summed E-state index contributed by atoms with van der Waals surface area (Å²) in [6, 6.07) is 5.37. The van der Waals surface area contributed by atoms with Gasteiger partial charge in [0.25, 0.3) is 0 Å². The number of ketones is 1. The lowest BCUT2D eigenvalue weighted by atomic mass is 10.1. The highest BCUT2D eigenvalue weighted by molar-refractivity contribution is 9.09. The molecule has 0 fully saturated rings. The molecule has 1 atom stereocenters. The number of alkyl halides is 2. The first-order chi connectivity index (χ1) is 6.57. The second-order valence-corrected chi connectivity index (χ2v) is 4.44. The molecular weight excluding hydrogens is 312 g/mol. The van der Waals surface area contributed by atoms with Gasteiger partial charge < -0.3 is 5.11 Å². The molecule has 1 rings (SSSR count). The predicted octanol–water partition coefficient (Wildman–Crippen LogP) is 3.31. The van der Waals surface area contributed by atoms with E-state index < -0.39 is 4.83 Å². The van der Waals surface area contributed by atoms with Crippen molar-refractivity contribution in [3.63, 3.8) is 0 Å². The molecule has 0 aliphatic carbocycles. The number of phenolic OH excluding ortho intramolecular Hbond substituents is 1. The van der Waals surface area contributed by atoms with Gasteiger partial charge in [-0.15, -0.1) is 0 Å². The second kappa shape index (κ2) is 4.94. The summed E-state index contributed by atoms with van der Waals surface area (Å²) in [6.07, 6.45) is 0. The molecule has 1 aromatic rings. The molecule has 0 heterocycles. The summed E-state index contributed by atoms with van der Waals surface area (Å²) in [6.45, 7) is 1.49. The SMILES string of the molecule is CC(=O)C(Br)c1cccc(CBr)c1O. The molecule has 0 aliphatic rings. The van der Waals surface area contributed by atoms with E-state index in [4.69, 9.17) is 0 Å². The third-order valence-corrected chi connectivity index (χ3v) is 3.67. The van der Waals surface area contributed by atoms with Gasteiger partial charge in [0, 0.05) is 16.5 Å². The normalized spacial score (nSPS) is 12.5. The van der Waals surface area contributed by atoms with Gasteiger partial charge in [0.2, 0.25) is 0 Å². The van der Waals surface area contributed by atoms with E-state index in [0.717, 1.165) is 5.56 Å². The minimum absolute atomic E-state index is 0.0213. The molecule has 1 unspecified atom stereocenters. The van der Waals surface area contributed by atoms with Gasteiger partial charge in [-0.1, -0.05) is 50.1 Å². The molecule has 0 saturated carbocycles. The number of Topliss-reactive ketones (excluding diaryl/α,β-unsaturated/α-hetero) is 1. The number of carbonyl (C=O) groups excluding carboxylic acids is 1. The van der Waals surface area contributed by atoms with E-state index >= 15 is 0 Å². The minimum atomic E-state index is -0.429. The molecule has 76 valence electrons. The largest absolute Gasteiger partial charge is 0.507 e. The van der Waals surface area contributed by atoms with Crippen molar-refractivity contribution in [3.8, 4) is 5.75 Å². The Hall–Kier alpha value is -0.350. The Morgan fingerprint density at radius 2 is 2.21 bits per heavy atom. The zero-order chi connectivity index (χ0) is 10.7. The van der Waals surface area contributed by atoms with Gasteiger partial charge in [-0.05, 0) is 6.92 Å². The Labute approximate surface area is 99.6 Å². The van der Waals surface area contributed by atoms with Crippen LogP contribution in [-0.4, -0.2) is 10.9 Å². The fourth-order valence-corrected chi connectivity index (χ4v) is 1.96. The summed E-state index contributed by atoms with van der Waals surface area (Å²) in [5, 5.41) is 10.4. The average molecular weight is 322 g/mol. The van der Waals surface area contributed by atoms with E-state index in [0.29, 0.717) is 10.9 Å². The zero-order valence-corrected chi connectivity index (χ0v) is 10.8. The van der Waals surface area contributed by atoms with Crippen LogP contribution < -0.4 is 0 Å². The van der Waals surface area contributed by atoms with E-state index in [1.165, 1.54) is 6.92 Å². The summed E-state index contributed by atoms with van der Waals surface area (Å²) in [7, 11) is 0. The molecule has 0 aromatic heterocycles. The van der Waals surface area contributed by atoms with Gasteiger partial charge in [0.05, 0.1) is 0 Å². The summed E-state index contributed by atoms with van der Waals surface area (Å²) in [4.78, 5) is 10.7. The Morgan fingerprint density at radius 3 is 2.71 bits per heavy atom. The molecule has 0 bridgehead atoms. The van der Waals surface area contributed by atoms with E-state index in [-0.39, 0.29) is 11.5 Å². The highest BCUT2D eigenvalue weighted by atomic mass is 79.9. The Morgan fingerprint density at radius 1 is 1.57 bits per heavy atom. The maximum absolute atomic E-state index is 11.1. The number of rotatable bonds is 3. The first kappa shape index (κ1) is 11.7. The number of carbonyl (C=O) groups is 1. The van der Waals surface area contributed by atoms with E-state index in [1.807, 2.05) is 12.1 Å². The third kappa shape index (κ3) is 2.36. The molecule has 0 saturated heterocycles. The average Bonchev–Trinajstić information content (AvgIpc) is 2.17. The number of para-hydroxylation sites is 1. The highest BCUT2D eigenvalue weighted by Gasteiger charge is 2.17. The van der Waals surface area contributed by atoms with Crippen LogP contribution in [-0.2, 0) is 10.1 Å². The quantitative estimate of drug-likeness (QED) is 0.867. The number of hydrogen-bond acceptors (Lipinski definition) is 2. The van der Waals surface area contributed by atoms with Crippen LogP contribution in [0.3, 0.4) is 0 Å². The fourth-order valence-electron chi connectivity index (χ4n) is 1.14. The number of halogens is 2. The lowest BCUT2D eigenvalue weighted by Gasteiger charge is -2.10. The molecule has 0 amide bonds. The van der Waals surface area contributed by atoms with Gasteiger partial charge in [0.1, 0.15) is 16.4 Å². The van der Waals surface area contributed by atoms with Gasteiger partial charge in [-0.2, -0.15) is 0 Å². The van der Waals surface area contributed by atoms with Crippen LogP contribution in [0.4, 0.5) is 0 Å². The molecular formula is C10H10Br2O2. The summed E-state index contributed by atoms with van der Waals surface area (Å²) in [5.41, 5.74) is 1.41. The van der Waals surface area contributed by atoms with Crippen LogP contribution in [0.2, 0.25) is 0 Å². The maximum atomic E-state index is 11.1. The topological polar surface area (TPSA) is 37.3 Å². The first-order valence-electron chi connectivity index (χ1n) is 4.09. The summed E-state index contributed by atoms with van der Waals surface area (Å²) in [5.74, 6) is 0.161. The van der Waals surface area contributed by atoms with Crippen molar-refractivity contribution >= 4 is 37.6 Å². The lowest BCUT2D eigenvalue weighted by molar-refractivity contribution is -0.116. The molecule has 0 aliphatic heterocycles. The van der Waals surface area contributed by atoms with Crippen LogP contribution in [0.1, 0.15) is 22.9 Å². The fraction of sp³-hybridized carbons (Fsp3) is 0.300. The van der Waals surface area contributed by atoms with Gasteiger partial charge in [-0.25, -0.2) is 0 Å². The van der Waals surface area contributed by atoms with Crippen molar-refractivity contribution in [1.82, 2.24) is 0 Å². The molecule has 4 heteroatoms. The Bertz CT molecular complexity index is 350. The van der Waals surface area contributed by atoms with Crippen LogP contribution in [0.15, 0.2) is 18.2 Å². The maximum Gasteiger partial charge on any atom is 0.147 e. The van der Waals surface area contributed by atoms with Crippen molar-refractivity contribution < 1.29 is 9.90 Å². The highest BCUT2D eigenvalue weighted by Crippen LogP contribution is 2.34. The minimum Gasteiger partial charge on any atom is -0.507 e. The van der Waals surface area contributed by atoms with Crippen LogP contribution in [0, 0.1) is 0 Å². The van der Waals surface area contributed by atoms with Crippen molar-refractivity contribution in [2.75, 3.05) is 0 Å². The number of aromatic hydroxyl groups is 1. The molecule has 2 nitrogen and oxygen atoms in total. The second-order valence-electron chi connectivity index (χ2n) is 2.96. The van der Waals surface area contributed by atoms with E-state index in [1.54, 1.807) is 6.07 Å². The van der Waals surface area contributed by atoms with E-state index in [9.17, 15) is 9.90 Å². The molecule has 14 heavy (non-hydrogen) atoms. The van der Waals surface area contributed by atoms with E-state index in [2.05, 4.69) is 31.9 Å². The standard InChI is InChI=1S/C10H10Br2O2/c1-6(13)9(12)8-4-2-3-7(5-11)10(8)14/h2-4,9,14H,5H2,1H3. The summed E-state index contributed by atoms with van der Waals surface area (Å²) < 4.78 is 0. The monoisotopic (exact) mass is 320 g/mol. The zero-order valence-electron chi connectivity index (χ0n) is 7.63. The van der Waals surface area contributed by atoms with Crippen molar-refractivity contribution in [1.29, 1.82) is 0 Å². The van der Waals surface area contributed by atoms with Crippen molar-refractivity contribution in [2.45, 2.75) is 17.1 Å². The lowest BCUT2D eigenvalue weighted by Crippen LogP contribution is -2.02. The van der Waals surface area contributed by atoms with Gasteiger partial charge in [-0.3, -0.25) is 4.79 Å². The Kier molecular flexibility index (Phi) is 4.13. The van der Waals surface area contributed by atoms with Gasteiger partial charge >= 0.3 is 0 Å². The van der Waals surface area contributed by atoms with Crippen molar-refractivity contribution in [3.05, 3.63) is 29.3 Å². The third-order valence-electron chi connectivity index (χ3n) is 1.92. The first-order valence-corrected chi connectivity index (χ1v) is 6.13. The molecule has 0 radical (unpaired) electrons. The molecule has 0 spiro atoms. The smallest absolute Gasteiger partial charge is 0.147 e. The predicted molar refractivity (Wildman–Crippen MR) is 63.1 cm³/mol. The van der Waals surface area contributed by atoms with Crippen LogP contribution in [0.25, 0.3) is 0 Å².